The predicted molar refractivity (Wildman–Crippen MR) is 110 cm³/mol. The monoisotopic (exact) mass is 409 g/mol. The van der Waals surface area contributed by atoms with Crippen molar-refractivity contribution < 1.29 is 13.2 Å². The van der Waals surface area contributed by atoms with E-state index in [9.17, 15) is 13.2 Å². The summed E-state index contributed by atoms with van der Waals surface area (Å²) in [4.78, 5) is 19.2. The Labute approximate surface area is 165 Å². The first-order valence-electron chi connectivity index (χ1n) is 9.38. The molecule has 1 amide bonds. The minimum atomic E-state index is -3.01. The summed E-state index contributed by atoms with van der Waals surface area (Å²) in [6.45, 7) is 7.60. The molecule has 27 heavy (non-hydrogen) atoms. The third-order valence-electron chi connectivity index (χ3n) is 4.80. The van der Waals surface area contributed by atoms with Gasteiger partial charge < -0.3 is 9.47 Å². The summed E-state index contributed by atoms with van der Waals surface area (Å²) in [5.74, 6) is 0.981. The fraction of sp³-hybridized carbons (Fsp3) is 0.579. The highest BCUT2D eigenvalue weighted by Crippen LogP contribution is 2.26. The smallest absolute Gasteiger partial charge is 0.233 e. The van der Waals surface area contributed by atoms with Gasteiger partial charge in [-0.3, -0.25) is 4.79 Å². The van der Waals surface area contributed by atoms with Crippen LogP contribution in [0.3, 0.4) is 0 Å². The molecule has 3 rings (SSSR count). The minimum absolute atomic E-state index is 0.0206. The van der Waals surface area contributed by atoms with Crippen LogP contribution in [-0.2, 0) is 21.2 Å². The third-order valence-corrected chi connectivity index (χ3v) is 7.51. The molecule has 1 aliphatic heterocycles. The van der Waals surface area contributed by atoms with Gasteiger partial charge in [-0.25, -0.2) is 13.4 Å². The zero-order valence-electron chi connectivity index (χ0n) is 16.1. The van der Waals surface area contributed by atoms with E-state index in [1.54, 1.807) is 4.90 Å². The van der Waals surface area contributed by atoms with Crippen molar-refractivity contribution in [2.75, 3.05) is 23.8 Å². The van der Waals surface area contributed by atoms with Gasteiger partial charge in [0.05, 0.1) is 28.3 Å². The fourth-order valence-corrected chi connectivity index (χ4v) is 6.21. The number of para-hydroxylation sites is 2. The van der Waals surface area contributed by atoms with Crippen molar-refractivity contribution in [1.29, 1.82) is 0 Å². The van der Waals surface area contributed by atoms with E-state index in [1.165, 1.54) is 11.8 Å². The number of nitrogens with zero attached hydrogens (tertiary/aromatic N) is 3. The van der Waals surface area contributed by atoms with Gasteiger partial charge in [-0.05, 0) is 31.4 Å². The Kier molecular flexibility index (Phi) is 6.15. The Hall–Kier alpha value is -1.54. The quantitative estimate of drug-likeness (QED) is 0.658. The average molecular weight is 410 g/mol. The Morgan fingerprint density at radius 1 is 1.37 bits per heavy atom. The summed E-state index contributed by atoms with van der Waals surface area (Å²) in [5, 5.41) is 0.841. The van der Waals surface area contributed by atoms with Crippen LogP contribution in [0.25, 0.3) is 11.0 Å². The van der Waals surface area contributed by atoms with E-state index in [4.69, 9.17) is 4.98 Å². The van der Waals surface area contributed by atoms with E-state index in [0.29, 0.717) is 18.9 Å². The lowest BCUT2D eigenvalue weighted by molar-refractivity contribution is -0.129. The second-order valence-electron chi connectivity index (χ2n) is 7.41. The standard InChI is InChI=1S/C19H27N3O3S2/c1-4-21(15-9-10-27(24,25)13-15)18(23)12-26-19-20-16-7-5-6-8-17(16)22(19)11-14(2)3/h5-8,14-15H,4,9-13H2,1-3H3. The number of carbonyl (C=O) groups is 1. The molecule has 2 heterocycles. The zero-order valence-corrected chi connectivity index (χ0v) is 17.7. The van der Waals surface area contributed by atoms with Crippen LogP contribution in [0.4, 0.5) is 0 Å². The molecule has 6 nitrogen and oxygen atoms in total. The third kappa shape index (κ3) is 4.66. The average Bonchev–Trinajstić information content (AvgIpc) is 3.13. The number of sulfone groups is 1. The zero-order chi connectivity index (χ0) is 19.6. The molecule has 2 aromatic rings. The van der Waals surface area contributed by atoms with Crippen LogP contribution in [-0.4, -0.2) is 58.6 Å². The molecule has 0 saturated carbocycles. The summed E-state index contributed by atoms with van der Waals surface area (Å²) < 4.78 is 25.7. The number of hydrogen-bond acceptors (Lipinski definition) is 5. The number of aromatic nitrogens is 2. The number of fused-ring (bicyclic) bond motifs is 1. The molecule has 0 radical (unpaired) electrons. The molecule has 1 aliphatic rings. The molecule has 1 fully saturated rings. The van der Waals surface area contributed by atoms with Gasteiger partial charge in [0.2, 0.25) is 5.91 Å². The molecule has 0 bridgehead atoms. The number of imidazole rings is 1. The summed E-state index contributed by atoms with van der Waals surface area (Å²) in [7, 11) is -3.01. The van der Waals surface area contributed by atoms with Gasteiger partial charge in [-0.15, -0.1) is 0 Å². The molecule has 1 aromatic heterocycles. The highest BCUT2D eigenvalue weighted by atomic mass is 32.2. The lowest BCUT2D eigenvalue weighted by Crippen LogP contribution is -2.42. The number of rotatable bonds is 7. The van der Waals surface area contributed by atoms with Gasteiger partial charge in [0.25, 0.3) is 0 Å². The largest absolute Gasteiger partial charge is 0.338 e. The lowest BCUT2D eigenvalue weighted by Gasteiger charge is -2.26. The molecule has 1 atom stereocenters. The van der Waals surface area contributed by atoms with Crippen LogP contribution in [0.5, 0.6) is 0 Å². The molecule has 0 N–H and O–H groups in total. The van der Waals surface area contributed by atoms with Crippen molar-refractivity contribution in [2.24, 2.45) is 5.92 Å². The van der Waals surface area contributed by atoms with Crippen LogP contribution >= 0.6 is 11.8 Å². The molecule has 8 heteroatoms. The molecule has 1 unspecified atom stereocenters. The van der Waals surface area contributed by atoms with Crippen molar-refractivity contribution in [3.05, 3.63) is 24.3 Å². The second kappa shape index (κ2) is 8.22. The number of thioether (sulfide) groups is 1. The van der Waals surface area contributed by atoms with Crippen molar-refractivity contribution in [2.45, 2.75) is 44.9 Å². The molecular weight excluding hydrogens is 382 g/mol. The van der Waals surface area contributed by atoms with Gasteiger partial charge in [0.1, 0.15) is 0 Å². The van der Waals surface area contributed by atoms with E-state index in [0.717, 1.165) is 22.7 Å². The van der Waals surface area contributed by atoms with E-state index >= 15 is 0 Å². The summed E-state index contributed by atoms with van der Waals surface area (Å²) in [6, 6.07) is 7.81. The van der Waals surface area contributed by atoms with Crippen LogP contribution in [0.1, 0.15) is 27.2 Å². The van der Waals surface area contributed by atoms with Crippen LogP contribution in [0.15, 0.2) is 29.4 Å². The normalized spacial score (nSPS) is 19.0. The maximum atomic E-state index is 12.8. The van der Waals surface area contributed by atoms with E-state index < -0.39 is 9.84 Å². The SMILES string of the molecule is CCN(C(=O)CSc1nc2ccccc2n1CC(C)C)C1CCS(=O)(=O)C1. The summed E-state index contributed by atoms with van der Waals surface area (Å²) in [6.07, 6.45) is 0.540. The van der Waals surface area contributed by atoms with Crippen molar-refractivity contribution in [1.82, 2.24) is 14.5 Å². The first-order valence-corrected chi connectivity index (χ1v) is 12.2. The number of benzene rings is 1. The van der Waals surface area contributed by atoms with Crippen LogP contribution < -0.4 is 0 Å². The predicted octanol–water partition coefficient (Wildman–Crippen LogP) is 2.82. The maximum absolute atomic E-state index is 12.8. The van der Waals surface area contributed by atoms with Crippen LogP contribution in [0, 0.1) is 5.92 Å². The Morgan fingerprint density at radius 2 is 2.11 bits per heavy atom. The second-order valence-corrected chi connectivity index (χ2v) is 10.6. The van der Waals surface area contributed by atoms with Gasteiger partial charge in [0, 0.05) is 19.1 Å². The molecule has 148 valence electrons. The first kappa shape index (κ1) is 20.2. The van der Waals surface area contributed by atoms with Crippen molar-refractivity contribution in [3.63, 3.8) is 0 Å². The van der Waals surface area contributed by atoms with E-state index in [2.05, 4.69) is 24.5 Å². The van der Waals surface area contributed by atoms with Crippen molar-refractivity contribution >= 4 is 38.5 Å². The Bertz CT molecular complexity index is 921. The van der Waals surface area contributed by atoms with E-state index in [1.807, 2.05) is 25.1 Å². The topological polar surface area (TPSA) is 72.3 Å². The number of carbonyl (C=O) groups excluding carboxylic acids is 1. The fourth-order valence-electron chi connectivity index (χ4n) is 3.57. The summed E-state index contributed by atoms with van der Waals surface area (Å²) >= 11 is 1.44. The van der Waals surface area contributed by atoms with Gasteiger partial charge in [0.15, 0.2) is 15.0 Å². The van der Waals surface area contributed by atoms with Gasteiger partial charge in [-0.2, -0.15) is 0 Å². The number of hydrogen-bond donors (Lipinski definition) is 0. The number of amides is 1. The van der Waals surface area contributed by atoms with Crippen LogP contribution in [0.2, 0.25) is 0 Å². The van der Waals surface area contributed by atoms with Gasteiger partial charge in [-0.1, -0.05) is 37.7 Å². The molecule has 1 saturated heterocycles. The van der Waals surface area contributed by atoms with Crippen molar-refractivity contribution in [3.8, 4) is 0 Å². The minimum Gasteiger partial charge on any atom is -0.338 e. The molecule has 0 aliphatic carbocycles. The lowest BCUT2D eigenvalue weighted by atomic mass is 10.2. The van der Waals surface area contributed by atoms with Gasteiger partial charge >= 0.3 is 0 Å². The Morgan fingerprint density at radius 3 is 2.74 bits per heavy atom. The maximum Gasteiger partial charge on any atom is 0.233 e. The molecular formula is C19H27N3O3S2. The molecule has 0 spiro atoms. The highest BCUT2D eigenvalue weighted by Gasteiger charge is 2.33. The molecule has 1 aromatic carbocycles. The Balaban J connectivity index is 1.74. The summed E-state index contributed by atoms with van der Waals surface area (Å²) in [5.41, 5.74) is 2.01. The highest BCUT2D eigenvalue weighted by molar-refractivity contribution is 7.99. The first-order chi connectivity index (χ1) is 12.8. The van der Waals surface area contributed by atoms with E-state index in [-0.39, 0.29) is 29.2 Å².